The van der Waals surface area contributed by atoms with E-state index in [1.165, 1.54) is 18.9 Å². The fourth-order valence-electron chi connectivity index (χ4n) is 5.45. The van der Waals surface area contributed by atoms with Crippen LogP contribution in [0.1, 0.15) is 69.8 Å². The monoisotopic (exact) mass is 398 g/mol. The summed E-state index contributed by atoms with van der Waals surface area (Å²) in [6, 6.07) is 5.38. The van der Waals surface area contributed by atoms with Gasteiger partial charge in [0.1, 0.15) is 5.82 Å². The number of aromatic nitrogens is 1. The third-order valence-electron chi connectivity index (χ3n) is 7.37. The van der Waals surface area contributed by atoms with Gasteiger partial charge in [-0.3, -0.25) is 4.79 Å². The number of halogens is 1. The highest BCUT2D eigenvalue weighted by Gasteiger charge is 2.45. The predicted octanol–water partition coefficient (Wildman–Crippen LogP) is 5.14. The number of hydrogen-bond donors (Lipinski definition) is 1. The summed E-state index contributed by atoms with van der Waals surface area (Å²) >= 11 is 0. The van der Waals surface area contributed by atoms with Gasteiger partial charge in [-0.25, -0.2) is 4.39 Å². The molecule has 29 heavy (non-hydrogen) atoms. The van der Waals surface area contributed by atoms with E-state index in [1.54, 1.807) is 6.07 Å². The Labute approximate surface area is 171 Å². The van der Waals surface area contributed by atoms with Gasteiger partial charge in [-0.2, -0.15) is 0 Å². The molecule has 2 saturated carbocycles. The normalized spacial score (nSPS) is 27.9. The minimum atomic E-state index is -0.221. The SMILES string of the molecule is CC(CC(=O)N1CCC2(OCC3CC3)CCCC1C2)c1c[nH]c2cccc(F)c12. The number of fused-ring (bicyclic) bond motifs is 3. The third kappa shape index (κ3) is 3.70. The summed E-state index contributed by atoms with van der Waals surface area (Å²) in [5.41, 5.74) is 1.70. The lowest BCUT2D eigenvalue weighted by atomic mass is 9.75. The Hall–Kier alpha value is -1.88. The highest BCUT2D eigenvalue weighted by atomic mass is 19.1. The number of nitrogens with one attached hydrogen (secondary N) is 1. The quantitative estimate of drug-likeness (QED) is 0.732. The molecule has 1 saturated heterocycles. The second-order valence-electron chi connectivity index (χ2n) is 9.54. The second kappa shape index (κ2) is 7.42. The summed E-state index contributed by atoms with van der Waals surface area (Å²) in [6.45, 7) is 3.73. The molecule has 2 heterocycles. The van der Waals surface area contributed by atoms with E-state index in [9.17, 15) is 9.18 Å². The van der Waals surface area contributed by atoms with Gasteiger partial charge in [0.25, 0.3) is 0 Å². The number of ether oxygens (including phenoxy) is 1. The van der Waals surface area contributed by atoms with E-state index in [2.05, 4.69) is 9.88 Å². The first-order valence-corrected chi connectivity index (χ1v) is 11.2. The van der Waals surface area contributed by atoms with Gasteiger partial charge in [-0.05, 0) is 74.5 Å². The Morgan fingerprint density at radius 1 is 1.34 bits per heavy atom. The fraction of sp³-hybridized carbons (Fsp3) is 0.625. The van der Waals surface area contributed by atoms with Gasteiger partial charge in [-0.15, -0.1) is 0 Å². The van der Waals surface area contributed by atoms with E-state index in [1.807, 2.05) is 19.2 Å². The number of piperidine rings is 1. The van der Waals surface area contributed by atoms with Crippen molar-refractivity contribution in [2.45, 2.75) is 75.9 Å². The summed E-state index contributed by atoms with van der Waals surface area (Å²) < 4.78 is 20.8. The zero-order valence-electron chi connectivity index (χ0n) is 17.3. The van der Waals surface area contributed by atoms with Gasteiger partial charge >= 0.3 is 0 Å². The van der Waals surface area contributed by atoms with Crippen molar-refractivity contribution in [2.24, 2.45) is 5.92 Å². The van der Waals surface area contributed by atoms with E-state index in [-0.39, 0.29) is 23.2 Å². The van der Waals surface area contributed by atoms with E-state index in [0.717, 1.165) is 62.3 Å². The first-order valence-electron chi connectivity index (χ1n) is 11.2. The average molecular weight is 399 g/mol. The maximum absolute atomic E-state index is 14.3. The minimum Gasteiger partial charge on any atom is -0.375 e. The molecule has 3 aliphatic rings. The smallest absolute Gasteiger partial charge is 0.223 e. The Morgan fingerprint density at radius 3 is 3.03 bits per heavy atom. The molecule has 0 radical (unpaired) electrons. The number of amides is 1. The van der Waals surface area contributed by atoms with Gasteiger partial charge in [0.15, 0.2) is 0 Å². The van der Waals surface area contributed by atoms with Crippen LogP contribution in [-0.2, 0) is 9.53 Å². The molecule has 2 bridgehead atoms. The first-order chi connectivity index (χ1) is 14.0. The molecule has 2 aliphatic carbocycles. The van der Waals surface area contributed by atoms with E-state index < -0.39 is 0 Å². The van der Waals surface area contributed by atoms with Crippen molar-refractivity contribution in [3.63, 3.8) is 0 Å². The van der Waals surface area contributed by atoms with Gasteiger partial charge in [-0.1, -0.05) is 13.0 Å². The van der Waals surface area contributed by atoms with Crippen LogP contribution < -0.4 is 0 Å². The van der Waals surface area contributed by atoms with E-state index in [0.29, 0.717) is 17.8 Å². The van der Waals surface area contributed by atoms with Gasteiger partial charge in [0, 0.05) is 36.1 Å². The first kappa shape index (κ1) is 19.1. The highest BCUT2D eigenvalue weighted by Crippen LogP contribution is 2.43. The number of rotatable bonds is 6. The number of hydrogen-bond acceptors (Lipinski definition) is 2. The molecule has 1 aromatic carbocycles. The summed E-state index contributed by atoms with van der Waals surface area (Å²) in [4.78, 5) is 18.4. The molecule has 1 amide bonds. The van der Waals surface area contributed by atoms with Crippen LogP contribution in [0.5, 0.6) is 0 Å². The molecule has 1 aliphatic heterocycles. The average Bonchev–Trinajstić information content (AvgIpc) is 3.43. The lowest BCUT2D eigenvalue weighted by Gasteiger charge is -2.50. The van der Waals surface area contributed by atoms with Crippen LogP contribution in [0.15, 0.2) is 24.4 Å². The van der Waals surface area contributed by atoms with Crippen molar-refractivity contribution < 1.29 is 13.9 Å². The zero-order valence-corrected chi connectivity index (χ0v) is 17.3. The van der Waals surface area contributed by atoms with Crippen LogP contribution in [-0.4, -0.2) is 40.6 Å². The second-order valence-corrected chi connectivity index (χ2v) is 9.54. The Kier molecular flexibility index (Phi) is 4.89. The van der Waals surface area contributed by atoms with E-state index >= 15 is 0 Å². The van der Waals surface area contributed by atoms with Crippen LogP contribution in [0, 0.1) is 11.7 Å². The molecule has 156 valence electrons. The largest absolute Gasteiger partial charge is 0.375 e. The molecule has 5 rings (SSSR count). The summed E-state index contributed by atoms with van der Waals surface area (Å²) in [7, 11) is 0. The topological polar surface area (TPSA) is 45.3 Å². The van der Waals surface area contributed by atoms with Crippen molar-refractivity contribution in [3.05, 3.63) is 35.8 Å². The lowest BCUT2D eigenvalue weighted by Crippen LogP contribution is -2.56. The molecule has 3 unspecified atom stereocenters. The molecular formula is C24H31FN2O2. The van der Waals surface area contributed by atoms with Crippen molar-refractivity contribution in [1.82, 2.24) is 9.88 Å². The highest BCUT2D eigenvalue weighted by molar-refractivity contribution is 5.85. The Morgan fingerprint density at radius 2 is 2.21 bits per heavy atom. The molecule has 2 aromatic rings. The summed E-state index contributed by atoms with van der Waals surface area (Å²) in [6.07, 6.45) is 10.2. The predicted molar refractivity (Wildman–Crippen MR) is 111 cm³/mol. The molecule has 1 aromatic heterocycles. The van der Waals surface area contributed by atoms with Crippen molar-refractivity contribution in [2.75, 3.05) is 13.2 Å². The van der Waals surface area contributed by atoms with Crippen LogP contribution >= 0.6 is 0 Å². The Bertz CT molecular complexity index is 905. The summed E-state index contributed by atoms with van der Waals surface area (Å²) in [5.74, 6) is 0.739. The van der Waals surface area contributed by atoms with Crippen molar-refractivity contribution in [3.8, 4) is 0 Å². The number of likely N-dealkylation sites (tertiary alicyclic amines) is 1. The molecule has 0 spiro atoms. The number of benzene rings is 1. The number of carbonyl (C=O) groups excluding carboxylic acids is 1. The maximum atomic E-state index is 14.3. The molecule has 5 heteroatoms. The molecule has 3 atom stereocenters. The third-order valence-corrected chi connectivity index (χ3v) is 7.37. The van der Waals surface area contributed by atoms with Gasteiger partial charge in [0.2, 0.25) is 5.91 Å². The van der Waals surface area contributed by atoms with Crippen molar-refractivity contribution in [1.29, 1.82) is 0 Å². The maximum Gasteiger partial charge on any atom is 0.223 e. The van der Waals surface area contributed by atoms with Crippen LogP contribution in [0.25, 0.3) is 10.9 Å². The number of aromatic amines is 1. The minimum absolute atomic E-state index is 0.00781. The van der Waals surface area contributed by atoms with Crippen LogP contribution in [0.2, 0.25) is 0 Å². The standard InChI is InChI=1S/C24H31FN2O2/c1-16(19-14-26-21-6-2-5-20(25)23(19)21)12-22(28)27-11-10-24(29-15-17-7-8-17)9-3-4-18(27)13-24/h2,5-6,14,16-18,26H,3-4,7-13,15H2,1H3. The van der Waals surface area contributed by atoms with Crippen LogP contribution in [0.3, 0.4) is 0 Å². The number of nitrogens with zero attached hydrogens (tertiary/aromatic N) is 1. The van der Waals surface area contributed by atoms with Crippen molar-refractivity contribution >= 4 is 16.8 Å². The fourth-order valence-corrected chi connectivity index (χ4v) is 5.45. The Balaban J connectivity index is 1.26. The lowest BCUT2D eigenvalue weighted by molar-refractivity contribution is -0.153. The van der Waals surface area contributed by atoms with Gasteiger partial charge < -0.3 is 14.6 Å². The molecule has 3 fully saturated rings. The number of carbonyl (C=O) groups is 1. The van der Waals surface area contributed by atoms with Crippen LogP contribution in [0.4, 0.5) is 4.39 Å². The van der Waals surface area contributed by atoms with Gasteiger partial charge in [0.05, 0.1) is 12.2 Å². The van der Waals surface area contributed by atoms with E-state index in [4.69, 9.17) is 4.74 Å². The number of H-pyrrole nitrogens is 1. The molecule has 1 N–H and O–H groups in total. The zero-order chi connectivity index (χ0) is 20.0. The summed E-state index contributed by atoms with van der Waals surface area (Å²) in [5, 5.41) is 0.622. The molecular weight excluding hydrogens is 367 g/mol. The molecule has 4 nitrogen and oxygen atoms in total.